The second-order valence-electron chi connectivity index (χ2n) is 5.48. The summed E-state index contributed by atoms with van der Waals surface area (Å²) in [6, 6.07) is 9.59. The molecule has 24 heavy (non-hydrogen) atoms. The van der Waals surface area contributed by atoms with E-state index in [9.17, 15) is 14.0 Å². The Kier molecular flexibility index (Phi) is 5.72. The van der Waals surface area contributed by atoms with Crippen molar-refractivity contribution in [2.75, 3.05) is 5.32 Å². The maximum atomic E-state index is 13.7. The lowest BCUT2D eigenvalue weighted by atomic mass is 10.1. The molecule has 0 saturated heterocycles. The maximum absolute atomic E-state index is 13.7. The van der Waals surface area contributed by atoms with Gasteiger partial charge in [-0.15, -0.1) is 0 Å². The Hall–Kier alpha value is -2.21. The molecular formula is C18H17BrFNO3. The molecule has 1 N–H and O–H groups in total. The zero-order chi connectivity index (χ0) is 17.9. The van der Waals surface area contributed by atoms with Gasteiger partial charge < -0.3 is 10.1 Å². The van der Waals surface area contributed by atoms with Crippen molar-refractivity contribution in [1.82, 2.24) is 0 Å². The average molecular weight is 394 g/mol. The second-order valence-corrected chi connectivity index (χ2v) is 6.40. The van der Waals surface area contributed by atoms with Gasteiger partial charge in [0.2, 0.25) is 0 Å². The third-order valence-corrected chi connectivity index (χ3v) is 3.95. The molecule has 2 rings (SSSR count). The predicted octanol–water partition coefficient (Wildman–Crippen LogP) is 4.39. The molecule has 0 saturated carbocycles. The first-order valence-corrected chi connectivity index (χ1v) is 8.11. The van der Waals surface area contributed by atoms with Gasteiger partial charge in [-0.2, -0.15) is 0 Å². The Labute approximate surface area is 148 Å². The van der Waals surface area contributed by atoms with E-state index >= 15 is 0 Å². The largest absolute Gasteiger partial charge is 0.449 e. The van der Waals surface area contributed by atoms with Crippen molar-refractivity contribution in [3.8, 4) is 0 Å². The summed E-state index contributed by atoms with van der Waals surface area (Å²) >= 11 is 3.17. The molecule has 2 aromatic carbocycles. The highest BCUT2D eigenvalue weighted by Crippen LogP contribution is 2.19. The molecule has 0 radical (unpaired) electrons. The topological polar surface area (TPSA) is 55.4 Å². The third kappa shape index (κ3) is 4.41. The number of nitrogens with one attached hydrogen (secondary N) is 1. The van der Waals surface area contributed by atoms with Crippen LogP contribution in [0.25, 0.3) is 0 Å². The molecule has 2 aromatic rings. The molecule has 0 aliphatic rings. The first kappa shape index (κ1) is 18.1. The molecule has 0 heterocycles. The van der Waals surface area contributed by atoms with E-state index in [1.165, 1.54) is 19.1 Å². The number of benzene rings is 2. The van der Waals surface area contributed by atoms with Gasteiger partial charge in [0.25, 0.3) is 5.91 Å². The number of halogens is 2. The fourth-order valence-electron chi connectivity index (χ4n) is 2.04. The van der Waals surface area contributed by atoms with Crippen molar-refractivity contribution in [2.45, 2.75) is 26.9 Å². The Morgan fingerprint density at radius 1 is 1.17 bits per heavy atom. The van der Waals surface area contributed by atoms with Crippen LogP contribution in [0.15, 0.2) is 40.9 Å². The number of ether oxygens (including phenoxy) is 1. The molecule has 0 bridgehead atoms. The van der Waals surface area contributed by atoms with Gasteiger partial charge in [0.1, 0.15) is 5.82 Å². The minimum atomic E-state index is -1.06. The summed E-state index contributed by atoms with van der Waals surface area (Å²) in [5.74, 6) is -2.07. The minimum Gasteiger partial charge on any atom is -0.449 e. The number of rotatable bonds is 4. The number of hydrogen-bond acceptors (Lipinski definition) is 3. The number of carbonyl (C=O) groups excluding carboxylic acids is 2. The molecule has 0 aliphatic heterocycles. The fourth-order valence-corrected chi connectivity index (χ4v) is 2.40. The van der Waals surface area contributed by atoms with Gasteiger partial charge in [-0.05, 0) is 56.2 Å². The first-order valence-electron chi connectivity index (χ1n) is 7.32. The molecule has 1 amide bonds. The van der Waals surface area contributed by atoms with Gasteiger partial charge in [0, 0.05) is 10.2 Å². The van der Waals surface area contributed by atoms with Crippen LogP contribution < -0.4 is 5.32 Å². The van der Waals surface area contributed by atoms with E-state index in [2.05, 4.69) is 21.2 Å². The molecule has 0 aromatic heterocycles. The highest BCUT2D eigenvalue weighted by Gasteiger charge is 2.21. The highest BCUT2D eigenvalue weighted by molar-refractivity contribution is 9.10. The van der Waals surface area contributed by atoms with Crippen LogP contribution in [0.2, 0.25) is 0 Å². The third-order valence-electron chi connectivity index (χ3n) is 3.45. The van der Waals surface area contributed by atoms with Gasteiger partial charge in [0.15, 0.2) is 6.10 Å². The van der Waals surface area contributed by atoms with Gasteiger partial charge >= 0.3 is 5.97 Å². The van der Waals surface area contributed by atoms with Crippen LogP contribution in [-0.4, -0.2) is 18.0 Å². The van der Waals surface area contributed by atoms with Crippen LogP contribution in [0.3, 0.4) is 0 Å². The lowest BCUT2D eigenvalue weighted by molar-refractivity contribution is -0.123. The Balaban J connectivity index is 2.07. The van der Waals surface area contributed by atoms with Crippen LogP contribution in [0, 0.1) is 19.7 Å². The maximum Gasteiger partial charge on any atom is 0.341 e. The van der Waals surface area contributed by atoms with E-state index in [-0.39, 0.29) is 5.56 Å². The van der Waals surface area contributed by atoms with Crippen LogP contribution in [0.5, 0.6) is 0 Å². The molecule has 1 atom stereocenters. The fraction of sp³-hybridized carbons (Fsp3) is 0.222. The van der Waals surface area contributed by atoms with Crippen molar-refractivity contribution >= 4 is 33.5 Å². The second kappa shape index (κ2) is 7.57. The van der Waals surface area contributed by atoms with Crippen molar-refractivity contribution in [3.05, 3.63) is 63.4 Å². The summed E-state index contributed by atoms with van der Waals surface area (Å²) in [5.41, 5.74) is 2.31. The number of hydrogen-bond donors (Lipinski definition) is 1. The average Bonchev–Trinajstić information content (AvgIpc) is 2.53. The lowest BCUT2D eigenvalue weighted by Crippen LogP contribution is -2.30. The molecule has 0 spiro atoms. The van der Waals surface area contributed by atoms with Crippen LogP contribution >= 0.6 is 15.9 Å². The molecular weight excluding hydrogens is 377 g/mol. The highest BCUT2D eigenvalue weighted by atomic mass is 79.9. The number of anilines is 1. The monoisotopic (exact) mass is 393 g/mol. The molecule has 6 heteroatoms. The molecule has 126 valence electrons. The normalized spacial score (nSPS) is 11.7. The van der Waals surface area contributed by atoms with Crippen molar-refractivity contribution < 1.29 is 18.7 Å². The number of carbonyl (C=O) groups is 2. The number of esters is 1. The van der Waals surface area contributed by atoms with Crippen molar-refractivity contribution in [3.63, 3.8) is 0 Å². The smallest absolute Gasteiger partial charge is 0.341 e. The summed E-state index contributed by atoms with van der Waals surface area (Å²) in [4.78, 5) is 24.2. The zero-order valence-electron chi connectivity index (χ0n) is 13.5. The standard InChI is InChI=1S/C18H17BrFNO3/c1-10-4-5-11(2)16(8-10)21-17(22)12(3)24-18(23)14-9-13(19)6-7-15(14)20/h4-9,12H,1-3H3,(H,21,22)/t12-/m0/s1. The minimum absolute atomic E-state index is 0.226. The Morgan fingerprint density at radius 2 is 1.88 bits per heavy atom. The van der Waals surface area contributed by atoms with E-state index in [0.717, 1.165) is 17.2 Å². The van der Waals surface area contributed by atoms with Crippen LogP contribution in [0.4, 0.5) is 10.1 Å². The zero-order valence-corrected chi connectivity index (χ0v) is 15.1. The SMILES string of the molecule is Cc1ccc(C)c(NC(=O)[C@H](C)OC(=O)c2cc(Br)ccc2F)c1. The van der Waals surface area contributed by atoms with Gasteiger partial charge in [0.05, 0.1) is 5.56 Å². The molecule has 4 nitrogen and oxygen atoms in total. The quantitative estimate of drug-likeness (QED) is 0.783. The van der Waals surface area contributed by atoms with E-state index in [0.29, 0.717) is 10.2 Å². The van der Waals surface area contributed by atoms with E-state index in [1.807, 2.05) is 32.0 Å². The van der Waals surface area contributed by atoms with Crippen molar-refractivity contribution in [1.29, 1.82) is 0 Å². The lowest BCUT2D eigenvalue weighted by Gasteiger charge is -2.15. The van der Waals surface area contributed by atoms with E-state index < -0.39 is 23.8 Å². The van der Waals surface area contributed by atoms with Crippen LogP contribution in [-0.2, 0) is 9.53 Å². The Bertz CT molecular complexity index is 792. The van der Waals surface area contributed by atoms with E-state index in [1.54, 1.807) is 0 Å². The van der Waals surface area contributed by atoms with Crippen LogP contribution in [0.1, 0.15) is 28.4 Å². The Morgan fingerprint density at radius 3 is 2.58 bits per heavy atom. The number of aryl methyl sites for hydroxylation is 2. The summed E-state index contributed by atoms with van der Waals surface area (Å²) in [7, 11) is 0. The summed E-state index contributed by atoms with van der Waals surface area (Å²) in [6.07, 6.45) is -1.06. The molecule has 0 aliphatic carbocycles. The van der Waals surface area contributed by atoms with Crippen molar-refractivity contribution in [2.24, 2.45) is 0 Å². The van der Waals surface area contributed by atoms with Gasteiger partial charge in [-0.25, -0.2) is 9.18 Å². The predicted molar refractivity (Wildman–Crippen MR) is 93.5 cm³/mol. The van der Waals surface area contributed by atoms with E-state index in [4.69, 9.17) is 4.74 Å². The molecule has 0 unspecified atom stereocenters. The van der Waals surface area contributed by atoms with Gasteiger partial charge in [-0.1, -0.05) is 28.1 Å². The molecule has 0 fully saturated rings. The summed E-state index contributed by atoms with van der Waals surface area (Å²) < 4.78 is 19.3. The number of amides is 1. The first-order chi connectivity index (χ1) is 11.3. The van der Waals surface area contributed by atoms with Gasteiger partial charge in [-0.3, -0.25) is 4.79 Å². The summed E-state index contributed by atoms with van der Waals surface area (Å²) in [6.45, 7) is 5.21. The summed E-state index contributed by atoms with van der Waals surface area (Å²) in [5, 5.41) is 2.71.